The number of hydrogen-bond acceptors (Lipinski definition) is 4. The number of amides is 2. The van der Waals surface area contributed by atoms with E-state index in [1.807, 2.05) is 30.3 Å². The van der Waals surface area contributed by atoms with E-state index in [0.717, 1.165) is 31.5 Å². The van der Waals surface area contributed by atoms with Crippen molar-refractivity contribution in [3.63, 3.8) is 0 Å². The maximum Gasteiger partial charge on any atom is 0.247 e. The largest absolute Gasteiger partial charge is 0.366 e. The van der Waals surface area contributed by atoms with Crippen molar-refractivity contribution in [2.75, 3.05) is 19.6 Å². The molecule has 2 aliphatic rings. The van der Waals surface area contributed by atoms with Crippen molar-refractivity contribution in [2.45, 2.75) is 24.5 Å². The van der Waals surface area contributed by atoms with Crippen LogP contribution in [0.3, 0.4) is 0 Å². The Kier molecular flexibility index (Phi) is 5.03. The third-order valence-corrected chi connectivity index (χ3v) is 5.52. The van der Waals surface area contributed by atoms with Gasteiger partial charge in [-0.1, -0.05) is 42.1 Å². The molecule has 1 aromatic rings. The number of primary amides is 1. The van der Waals surface area contributed by atoms with Crippen LogP contribution < -0.4 is 11.1 Å². The molecule has 2 heterocycles. The lowest BCUT2D eigenvalue weighted by atomic mass is 10.0. The van der Waals surface area contributed by atoms with E-state index in [2.05, 4.69) is 10.2 Å². The summed E-state index contributed by atoms with van der Waals surface area (Å²) in [5.74, 6) is -0.519. The van der Waals surface area contributed by atoms with Crippen molar-refractivity contribution in [1.82, 2.24) is 10.2 Å². The average Bonchev–Trinajstić information content (AvgIpc) is 3.18. The molecule has 1 aromatic carbocycles. The van der Waals surface area contributed by atoms with Crippen molar-refractivity contribution < 1.29 is 9.59 Å². The van der Waals surface area contributed by atoms with Gasteiger partial charge in [-0.2, -0.15) is 0 Å². The summed E-state index contributed by atoms with van der Waals surface area (Å²) < 4.78 is 0. The molecule has 0 spiro atoms. The zero-order chi connectivity index (χ0) is 16.2. The van der Waals surface area contributed by atoms with E-state index >= 15 is 0 Å². The first-order valence-electron chi connectivity index (χ1n) is 7.90. The number of thioether (sulfide) groups is 1. The molecule has 0 saturated carbocycles. The third-order valence-electron chi connectivity index (χ3n) is 4.21. The van der Waals surface area contributed by atoms with Gasteiger partial charge in [-0.05, 0) is 37.9 Å². The van der Waals surface area contributed by atoms with Crippen molar-refractivity contribution in [2.24, 2.45) is 5.73 Å². The highest BCUT2D eigenvalue weighted by Gasteiger charge is 2.30. The Bertz CT molecular complexity index is 624. The zero-order valence-electron chi connectivity index (χ0n) is 13.0. The summed E-state index contributed by atoms with van der Waals surface area (Å²) in [6, 6.07) is 9.98. The molecule has 5 nitrogen and oxygen atoms in total. The van der Waals surface area contributed by atoms with Crippen molar-refractivity contribution in [3.05, 3.63) is 46.5 Å². The van der Waals surface area contributed by atoms with Gasteiger partial charge < -0.3 is 11.1 Å². The molecule has 3 N–H and O–H groups in total. The van der Waals surface area contributed by atoms with Crippen LogP contribution in [0.5, 0.6) is 0 Å². The summed E-state index contributed by atoms with van der Waals surface area (Å²) in [7, 11) is 0. The van der Waals surface area contributed by atoms with Gasteiger partial charge in [0.1, 0.15) is 0 Å². The molecule has 1 saturated heterocycles. The first-order chi connectivity index (χ1) is 11.1. The van der Waals surface area contributed by atoms with E-state index in [9.17, 15) is 9.59 Å². The highest BCUT2D eigenvalue weighted by Crippen LogP contribution is 2.46. The normalized spacial score (nSPS) is 21.7. The molecule has 0 bridgehead atoms. The second-order valence-electron chi connectivity index (χ2n) is 5.92. The maximum absolute atomic E-state index is 12.2. The van der Waals surface area contributed by atoms with Gasteiger partial charge in [0.25, 0.3) is 0 Å². The number of carbonyl (C=O) groups excluding carboxylic acids is 2. The van der Waals surface area contributed by atoms with Crippen LogP contribution in [0.1, 0.15) is 30.1 Å². The smallest absolute Gasteiger partial charge is 0.247 e. The minimum absolute atomic E-state index is 0.0677. The Morgan fingerprint density at radius 2 is 1.91 bits per heavy atom. The van der Waals surface area contributed by atoms with Crippen LogP contribution in [0.4, 0.5) is 0 Å². The maximum atomic E-state index is 12.2. The SMILES string of the molecule is NC(=O)C1=C(NC(=O)CN2CCCC2)SC(c2ccccc2)C1. The fourth-order valence-electron chi connectivity index (χ4n) is 3.01. The molecule has 1 fully saturated rings. The van der Waals surface area contributed by atoms with Gasteiger partial charge in [-0.25, -0.2) is 0 Å². The topological polar surface area (TPSA) is 75.4 Å². The predicted octanol–water partition coefficient (Wildman–Crippen LogP) is 1.77. The van der Waals surface area contributed by atoms with Gasteiger partial charge in [0.2, 0.25) is 11.8 Å². The predicted molar refractivity (Wildman–Crippen MR) is 91.4 cm³/mol. The lowest BCUT2D eigenvalue weighted by Gasteiger charge is -2.15. The second-order valence-corrected chi connectivity index (χ2v) is 7.14. The molecule has 0 aliphatic carbocycles. The average molecular weight is 331 g/mol. The molecule has 1 unspecified atom stereocenters. The number of nitrogens with one attached hydrogen (secondary N) is 1. The quantitative estimate of drug-likeness (QED) is 0.862. The van der Waals surface area contributed by atoms with Crippen molar-refractivity contribution >= 4 is 23.6 Å². The van der Waals surface area contributed by atoms with Gasteiger partial charge in [0, 0.05) is 10.8 Å². The van der Waals surface area contributed by atoms with E-state index in [0.29, 0.717) is 23.6 Å². The summed E-state index contributed by atoms with van der Waals surface area (Å²) in [5, 5.41) is 3.64. The monoisotopic (exact) mass is 331 g/mol. The van der Waals surface area contributed by atoms with E-state index in [-0.39, 0.29) is 11.2 Å². The Hall–Kier alpha value is -1.79. The fraction of sp³-hybridized carbons (Fsp3) is 0.412. The second kappa shape index (κ2) is 7.19. The third kappa shape index (κ3) is 3.95. The summed E-state index contributed by atoms with van der Waals surface area (Å²) in [5.41, 5.74) is 7.16. The van der Waals surface area contributed by atoms with E-state index < -0.39 is 5.91 Å². The summed E-state index contributed by atoms with van der Waals surface area (Å²) in [4.78, 5) is 26.1. The fourth-order valence-corrected chi connectivity index (χ4v) is 4.34. The van der Waals surface area contributed by atoms with Crippen LogP contribution in [0, 0.1) is 0 Å². The summed E-state index contributed by atoms with van der Waals surface area (Å²) >= 11 is 1.51. The zero-order valence-corrected chi connectivity index (χ0v) is 13.8. The van der Waals surface area contributed by atoms with Gasteiger partial charge in [-0.3, -0.25) is 14.5 Å². The lowest BCUT2D eigenvalue weighted by molar-refractivity contribution is -0.121. The van der Waals surface area contributed by atoms with Gasteiger partial charge >= 0.3 is 0 Å². The molecule has 6 heteroatoms. The molecule has 0 aromatic heterocycles. The molecule has 3 rings (SSSR count). The van der Waals surface area contributed by atoms with Gasteiger partial charge in [-0.15, -0.1) is 0 Å². The minimum atomic E-state index is -0.451. The van der Waals surface area contributed by atoms with E-state index in [4.69, 9.17) is 5.73 Å². The number of carbonyl (C=O) groups is 2. The first-order valence-corrected chi connectivity index (χ1v) is 8.78. The molecule has 2 aliphatic heterocycles. The van der Waals surface area contributed by atoms with Crippen LogP contribution in [-0.2, 0) is 9.59 Å². The first kappa shape index (κ1) is 16.1. The number of nitrogens with zero attached hydrogens (tertiary/aromatic N) is 1. The molecule has 1 atom stereocenters. The Labute approximate surface area is 140 Å². The van der Waals surface area contributed by atoms with E-state index in [1.165, 1.54) is 11.8 Å². The molecular formula is C17H21N3O2S. The highest BCUT2D eigenvalue weighted by atomic mass is 32.2. The van der Waals surface area contributed by atoms with Crippen LogP contribution in [0.2, 0.25) is 0 Å². The van der Waals surface area contributed by atoms with Crippen LogP contribution in [0.25, 0.3) is 0 Å². The molecule has 0 radical (unpaired) electrons. The Morgan fingerprint density at radius 3 is 2.57 bits per heavy atom. The molecule has 2 amide bonds. The van der Waals surface area contributed by atoms with Crippen molar-refractivity contribution in [3.8, 4) is 0 Å². The number of rotatable bonds is 5. The van der Waals surface area contributed by atoms with Crippen LogP contribution in [0.15, 0.2) is 40.9 Å². The van der Waals surface area contributed by atoms with Gasteiger partial charge in [0.05, 0.1) is 11.6 Å². The Balaban J connectivity index is 1.66. The van der Waals surface area contributed by atoms with Crippen LogP contribution in [-0.4, -0.2) is 36.3 Å². The number of likely N-dealkylation sites (tertiary alicyclic amines) is 1. The van der Waals surface area contributed by atoms with Crippen molar-refractivity contribution in [1.29, 1.82) is 0 Å². The number of benzene rings is 1. The minimum Gasteiger partial charge on any atom is -0.366 e. The van der Waals surface area contributed by atoms with E-state index in [1.54, 1.807) is 0 Å². The standard InChI is InChI=1S/C17H21N3O2S/c18-16(22)13-10-14(12-6-2-1-3-7-12)23-17(13)19-15(21)11-20-8-4-5-9-20/h1-3,6-7,14H,4-5,8-11H2,(H2,18,22)(H,19,21). The summed E-state index contributed by atoms with van der Waals surface area (Å²) in [6.45, 7) is 2.32. The number of hydrogen-bond donors (Lipinski definition) is 2. The molecule has 122 valence electrons. The van der Waals surface area contributed by atoms with Crippen LogP contribution >= 0.6 is 11.8 Å². The molecular weight excluding hydrogens is 310 g/mol. The highest BCUT2D eigenvalue weighted by molar-refractivity contribution is 8.03. The number of nitrogens with two attached hydrogens (primary N) is 1. The lowest BCUT2D eigenvalue weighted by Crippen LogP contribution is -2.35. The molecule has 23 heavy (non-hydrogen) atoms. The van der Waals surface area contributed by atoms with Gasteiger partial charge in [0.15, 0.2) is 0 Å². The summed E-state index contributed by atoms with van der Waals surface area (Å²) in [6.07, 6.45) is 2.85. The Morgan fingerprint density at radius 1 is 1.22 bits per heavy atom.